The maximum Gasteiger partial charge on any atom is 0.0951 e. The molecule has 2 saturated heterocycles. The molecule has 0 saturated carbocycles. The van der Waals surface area contributed by atoms with E-state index in [0.29, 0.717) is 6.04 Å². The lowest BCUT2D eigenvalue weighted by atomic mass is 10.1. The molecule has 3 atom stereocenters. The Hall–Kier alpha value is -0.630. The Morgan fingerprint density at radius 2 is 2.50 bits per heavy atom. The van der Waals surface area contributed by atoms with E-state index >= 15 is 0 Å². The maximum absolute atomic E-state index is 8.84. The highest BCUT2D eigenvalue weighted by molar-refractivity contribution is 4.91. The number of rotatable bonds is 4. The lowest BCUT2D eigenvalue weighted by Gasteiger charge is -2.35. The van der Waals surface area contributed by atoms with Gasteiger partial charge < -0.3 is 4.74 Å². The molecule has 1 N–H and O–H groups in total. The highest BCUT2D eigenvalue weighted by atomic mass is 16.5. The number of ether oxygens (including phenoxy) is 1. The zero-order chi connectivity index (χ0) is 11.4. The van der Waals surface area contributed by atoms with Gasteiger partial charge in [-0.3, -0.25) is 10.2 Å². The predicted octanol–water partition coefficient (Wildman–Crippen LogP) is 0.741. The first-order chi connectivity index (χ1) is 7.83. The van der Waals surface area contributed by atoms with Crippen molar-refractivity contribution in [2.45, 2.75) is 44.4 Å². The summed E-state index contributed by atoms with van der Waals surface area (Å²) in [6.45, 7) is 5.95. The minimum absolute atomic E-state index is 0.0279. The van der Waals surface area contributed by atoms with E-state index in [4.69, 9.17) is 10.00 Å². The summed E-state index contributed by atoms with van der Waals surface area (Å²) in [4.78, 5) is 2.53. The second kappa shape index (κ2) is 5.62. The molecule has 16 heavy (non-hydrogen) atoms. The van der Waals surface area contributed by atoms with E-state index in [2.05, 4.69) is 16.3 Å². The molecule has 0 radical (unpaired) electrons. The first kappa shape index (κ1) is 11.8. The lowest BCUT2D eigenvalue weighted by Crippen LogP contribution is -2.50. The molecule has 0 aliphatic carbocycles. The summed E-state index contributed by atoms with van der Waals surface area (Å²) in [5.41, 5.74) is 0. The van der Waals surface area contributed by atoms with Crippen LogP contribution in [-0.2, 0) is 4.74 Å². The van der Waals surface area contributed by atoms with Crippen LogP contribution in [0.15, 0.2) is 0 Å². The number of morpholine rings is 1. The molecular formula is C12H21N3O. The van der Waals surface area contributed by atoms with Gasteiger partial charge in [0, 0.05) is 19.1 Å². The Kier molecular flexibility index (Phi) is 4.16. The molecule has 0 amide bonds. The molecule has 2 aliphatic heterocycles. The maximum atomic E-state index is 8.84. The number of hydrogen-bond donors (Lipinski definition) is 1. The Morgan fingerprint density at radius 3 is 3.25 bits per heavy atom. The third-order valence-electron chi connectivity index (χ3n) is 3.62. The Bertz CT molecular complexity index is 263. The van der Waals surface area contributed by atoms with Crippen LogP contribution in [0.3, 0.4) is 0 Å². The van der Waals surface area contributed by atoms with Crippen molar-refractivity contribution in [3.05, 3.63) is 0 Å². The third-order valence-corrected chi connectivity index (χ3v) is 3.62. The van der Waals surface area contributed by atoms with E-state index in [1.165, 1.54) is 19.4 Å². The van der Waals surface area contributed by atoms with Gasteiger partial charge in [-0.2, -0.15) is 5.26 Å². The molecule has 0 aromatic carbocycles. The molecular weight excluding hydrogens is 202 g/mol. The quantitative estimate of drug-likeness (QED) is 0.763. The zero-order valence-corrected chi connectivity index (χ0v) is 9.98. The molecule has 0 spiro atoms. The largest absolute Gasteiger partial charge is 0.374 e. The standard InChI is InChI=1S/C12H21N3O/c1-2-10(6-13)14-7-12-8-15-5-3-4-11(15)9-16-12/h10-12,14H,2-5,7-9H2,1H3. The lowest BCUT2D eigenvalue weighted by molar-refractivity contribution is -0.0474. The van der Waals surface area contributed by atoms with Crippen molar-refractivity contribution in [3.63, 3.8) is 0 Å². The summed E-state index contributed by atoms with van der Waals surface area (Å²) in [7, 11) is 0. The second-order valence-corrected chi connectivity index (χ2v) is 4.74. The van der Waals surface area contributed by atoms with Crippen LogP contribution in [0, 0.1) is 11.3 Å². The predicted molar refractivity (Wildman–Crippen MR) is 62.0 cm³/mol. The van der Waals surface area contributed by atoms with Crippen molar-refractivity contribution < 1.29 is 4.74 Å². The van der Waals surface area contributed by atoms with Crippen molar-refractivity contribution >= 4 is 0 Å². The summed E-state index contributed by atoms with van der Waals surface area (Å²) in [5.74, 6) is 0. The van der Waals surface area contributed by atoms with Crippen molar-refractivity contribution in [2.24, 2.45) is 0 Å². The van der Waals surface area contributed by atoms with Crippen LogP contribution in [0.5, 0.6) is 0 Å². The Morgan fingerprint density at radius 1 is 1.62 bits per heavy atom. The average Bonchev–Trinajstić information content (AvgIpc) is 2.77. The van der Waals surface area contributed by atoms with E-state index in [1.807, 2.05) is 6.92 Å². The molecule has 0 aromatic rings. The van der Waals surface area contributed by atoms with Crippen molar-refractivity contribution in [1.29, 1.82) is 5.26 Å². The van der Waals surface area contributed by atoms with Crippen LogP contribution >= 0.6 is 0 Å². The third kappa shape index (κ3) is 2.73. The Balaban J connectivity index is 1.73. The molecule has 2 fully saturated rings. The topological polar surface area (TPSA) is 48.3 Å². The normalized spacial score (nSPS) is 32.0. The van der Waals surface area contributed by atoms with Crippen LogP contribution in [-0.4, -0.2) is 49.3 Å². The van der Waals surface area contributed by atoms with Crippen molar-refractivity contribution in [1.82, 2.24) is 10.2 Å². The van der Waals surface area contributed by atoms with Gasteiger partial charge in [0.25, 0.3) is 0 Å². The van der Waals surface area contributed by atoms with E-state index in [0.717, 1.165) is 26.1 Å². The summed E-state index contributed by atoms with van der Waals surface area (Å²) in [5, 5.41) is 12.1. The average molecular weight is 223 g/mol. The summed E-state index contributed by atoms with van der Waals surface area (Å²) >= 11 is 0. The monoisotopic (exact) mass is 223 g/mol. The number of nitrogens with zero attached hydrogens (tertiary/aromatic N) is 2. The van der Waals surface area contributed by atoms with Gasteiger partial charge in [0.2, 0.25) is 0 Å². The highest BCUT2D eigenvalue weighted by Gasteiger charge is 2.32. The van der Waals surface area contributed by atoms with Crippen molar-refractivity contribution in [2.75, 3.05) is 26.2 Å². The van der Waals surface area contributed by atoms with Gasteiger partial charge in [0.1, 0.15) is 0 Å². The minimum Gasteiger partial charge on any atom is -0.374 e. The SMILES string of the molecule is CCC(C#N)NCC1CN2CCCC2CO1. The molecule has 2 heterocycles. The van der Waals surface area contributed by atoms with Gasteiger partial charge in [0.15, 0.2) is 0 Å². The van der Waals surface area contributed by atoms with E-state index in [-0.39, 0.29) is 12.1 Å². The fourth-order valence-electron chi connectivity index (χ4n) is 2.56. The fourth-order valence-corrected chi connectivity index (χ4v) is 2.56. The minimum atomic E-state index is -0.0279. The van der Waals surface area contributed by atoms with Crippen molar-refractivity contribution in [3.8, 4) is 6.07 Å². The summed E-state index contributed by atoms with van der Waals surface area (Å²) < 4.78 is 5.82. The number of nitriles is 1. The summed E-state index contributed by atoms with van der Waals surface area (Å²) in [6.07, 6.45) is 3.71. The molecule has 90 valence electrons. The molecule has 2 rings (SSSR count). The summed E-state index contributed by atoms with van der Waals surface area (Å²) in [6, 6.07) is 2.89. The van der Waals surface area contributed by atoms with Gasteiger partial charge in [0.05, 0.1) is 24.8 Å². The number of nitrogens with one attached hydrogen (secondary N) is 1. The van der Waals surface area contributed by atoms with Crippen LogP contribution in [0.25, 0.3) is 0 Å². The zero-order valence-electron chi connectivity index (χ0n) is 9.98. The van der Waals surface area contributed by atoms with E-state index in [9.17, 15) is 0 Å². The van der Waals surface area contributed by atoms with Crippen LogP contribution in [0.2, 0.25) is 0 Å². The van der Waals surface area contributed by atoms with Gasteiger partial charge >= 0.3 is 0 Å². The van der Waals surface area contributed by atoms with Crippen LogP contribution in [0.1, 0.15) is 26.2 Å². The second-order valence-electron chi connectivity index (χ2n) is 4.74. The Labute approximate surface area is 97.6 Å². The molecule has 2 aliphatic rings. The number of hydrogen-bond acceptors (Lipinski definition) is 4. The van der Waals surface area contributed by atoms with Crippen LogP contribution < -0.4 is 5.32 Å². The molecule has 4 heteroatoms. The van der Waals surface area contributed by atoms with Gasteiger partial charge in [-0.15, -0.1) is 0 Å². The fraction of sp³-hybridized carbons (Fsp3) is 0.917. The molecule has 0 bridgehead atoms. The number of fused-ring (bicyclic) bond motifs is 1. The smallest absolute Gasteiger partial charge is 0.0951 e. The van der Waals surface area contributed by atoms with Gasteiger partial charge in [-0.1, -0.05) is 6.92 Å². The first-order valence-electron chi connectivity index (χ1n) is 6.32. The first-order valence-corrected chi connectivity index (χ1v) is 6.32. The van der Waals surface area contributed by atoms with Gasteiger partial charge in [-0.05, 0) is 25.8 Å². The van der Waals surface area contributed by atoms with Crippen LogP contribution in [0.4, 0.5) is 0 Å². The molecule has 3 unspecified atom stereocenters. The van der Waals surface area contributed by atoms with E-state index in [1.54, 1.807) is 0 Å². The molecule has 4 nitrogen and oxygen atoms in total. The highest BCUT2D eigenvalue weighted by Crippen LogP contribution is 2.22. The van der Waals surface area contributed by atoms with E-state index < -0.39 is 0 Å². The molecule has 0 aromatic heterocycles. The van der Waals surface area contributed by atoms with Gasteiger partial charge in [-0.25, -0.2) is 0 Å².